The molecule has 1 heterocycles. The summed E-state index contributed by atoms with van der Waals surface area (Å²) in [6.45, 7) is 2.62. The summed E-state index contributed by atoms with van der Waals surface area (Å²) in [4.78, 5) is 16.8. The molecule has 0 saturated carbocycles. The van der Waals surface area contributed by atoms with Gasteiger partial charge in [-0.15, -0.1) is 0 Å². The molecule has 3 rings (SSSR count). The molecule has 0 saturated heterocycles. The van der Waals surface area contributed by atoms with Crippen LogP contribution in [0.3, 0.4) is 0 Å². The fraction of sp³-hybridized carbons (Fsp3) is 0.217. The van der Waals surface area contributed by atoms with Gasteiger partial charge in [0.05, 0.1) is 7.11 Å². The van der Waals surface area contributed by atoms with Gasteiger partial charge in [-0.2, -0.15) is 0 Å². The number of rotatable bonds is 8. The number of ether oxygens (including phenoxy) is 1. The van der Waals surface area contributed by atoms with E-state index < -0.39 is 0 Å². The van der Waals surface area contributed by atoms with Crippen molar-refractivity contribution in [3.8, 4) is 5.75 Å². The molecule has 1 amide bonds. The zero-order valence-corrected chi connectivity index (χ0v) is 16.2. The standard InChI is InChI=1S/C23H25N3O2/c1-17(19-8-4-3-5-9-19)26-22-16-20(12-14-24-22)23(27)25-13-11-18-7-6-10-21(15-18)28-2/h3-10,12,14-17H,11,13H2,1-2H3,(H,24,26)(H,25,27). The molecule has 2 aromatic carbocycles. The molecule has 5 nitrogen and oxygen atoms in total. The number of hydrogen-bond donors (Lipinski definition) is 2. The Morgan fingerprint density at radius 3 is 2.68 bits per heavy atom. The SMILES string of the molecule is COc1cccc(CCNC(=O)c2ccnc(NC(C)c3ccccc3)c2)c1. The Bertz CT molecular complexity index is 912. The van der Waals surface area contributed by atoms with Crippen molar-refractivity contribution in [2.75, 3.05) is 19.0 Å². The second-order valence-corrected chi connectivity index (χ2v) is 6.56. The van der Waals surface area contributed by atoms with Gasteiger partial charge in [-0.1, -0.05) is 42.5 Å². The third-order valence-corrected chi connectivity index (χ3v) is 4.52. The second-order valence-electron chi connectivity index (χ2n) is 6.56. The highest BCUT2D eigenvalue weighted by atomic mass is 16.5. The van der Waals surface area contributed by atoms with Crippen molar-refractivity contribution in [2.45, 2.75) is 19.4 Å². The molecule has 3 aromatic rings. The van der Waals surface area contributed by atoms with Crippen LogP contribution in [0.25, 0.3) is 0 Å². The summed E-state index contributed by atoms with van der Waals surface area (Å²) in [5.41, 5.74) is 2.87. The van der Waals surface area contributed by atoms with Crippen LogP contribution in [-0.4, -0.2) is 24.5 Å². The van der Waals surface area contributed by atoms with Crippen LogP contribution in [0.1, 0.15) is 34.5 Å². The van der Waals surface area contributed by atoms with Gasteiger partial charge in [-0.25, -0.2) is 4.98 Å². The molecule has 1 unspecified atom stereocenters. The predicted molar refractivity (Wildman–Crippen MR) is 112 cm³/mol. The number of carbonyl (C=O) groups is 1. The van der Waals surface area contributed by atoms with E-state index in [0.29, 0.717) is 17.9 Å². The summed E-state index contributed by atoms with van der Waals surface area (Å²) < 4.78 is 5.23. The van der Waals surface area contributed by atoms with Crippen molar-refractivity contribution in [3.05, 3.63) is 89.6 Å². The lowest BCUT2D eigenvalue weighted by atomic mass is 10.1. The summed E-state index contributed by atoms with van der Waals surface area (Å²) in [7, 11) is 1.65. The molecule has 144 valence electrons. The lowest BCUT2D eigenvalue weighted by molar-refractivity contribution is 0.0954. The zero-order valence-electron chi connectivity index (χ0n) is 16.2. The molecule has 0 aliphatic rings. The summed E-state index contributed by atoms with van der Waals surface area (Å²) in [5.74, 6) is 1.39. The average molecular weight is 375 g/mol. The molecule has 0 bridgehead atoms. The van der Waals surface area contributed by atoms with Gasteiger partial charge in [0.1, 0.15) is 11.6 Å². The third kappa shape index (κ3) is 5.33. The molecule has 0 spiro atoms. The largest absolute Gasteiger partial charge is 0.497 e. The summed E-state index contributed by atoms with van der Waals surface area (Å²) in [5, 5.41) is 6.30. The number of aromatic nitrogens is 1. The van der Waals surface area contributed by atoms with Gasteiger partial charge in [0.25, 0.3) is 5.91 Å². The lowest BCUT2D eigenvalue weighted by Crippen LogP contribution is -2.25. The number of methoxy groups -OCH3 is 1. The summed E-state index contributed by atoms with van der Waals surface area (Å²) in [6, 6.07) is 21.6. The van der Waals surface area contributed by atoms with Crippen LogP contribution in [-0.2, 0) is 6.42 Å². The normalized spacial score (nSPS) is 11.5. The zero-order chi connectivity index (χ0) is 19.8. The number of carbonyl (C=O) groups excluding carboxylic acids is 1. The topological polar surface area (TPSA) is 63.2 Å². The van der Waals surface area contributed by atoms with E-state index in [-0.39, 0.29) is 11.9 Å². The van der Waals surface area contributed by atoms with Gasteiger partial charge in [0.2, 0.25) is 0 Å². The summed E-state index contributed by atoms with van der Waals surface area (Å²) in [6.07, 6.45) is 2.39. The molecule has 5 heteroatoms. The van der Waals surface area contributed by atoms with E-state index in [4.69, 9.17) is 4.74 Å². The minimum atomic E-state index is -0.110. The third-order valence-electron chi connectivity index (χ3n) is 4.52. The van der Waals surface area contributed by atoms with Crippen molar-refractivity contribution in [1.82, 2.24) is 10.3 Å². The maximum absolute atomic E-state index is 12.5. The molecular formula is C23H25N3O2. The smallest absolute Gasteiger partial charge is 0.251 e. The van der Waals surface area contributed by atoms with Crippen LogP contribution >= 0.6 is 0 Å². The number of anilines is 1. The maximum atomic E-state index is 12.5. The Morgan fingerprint density at radius 1 is 1.07 bits per heavy atom. The van der Waals surface area contributed by atoms with Crippen LogP contribution in [0.15, 0.2) is 72.9 Å². The predicted octanol–water partition coefficient (Wildman–Crippen LogP) is 4.24. The van der Waals surface area contributed by atoms with E-state index in [0.717, 1.165) is 23.3 Å². The molecule has 0 aliphatic carbocycles. The van der Waals surface area contributed by atoms with Crippen molar-refractivity contribution in [1.29, 1.82) is 0 Å². The highest BCUT2D eigenvalue weighted by molar-refractivity contribution is 5.94. The number of pyridine rings is 1. The van der Waals surface area contributed by atoms with E-state index in [1.807, 2.05) is 42.5 Å². The molecule has 1 atom stereocenters. The van der Waals surface area contributed by atoms with Crippen LogP contribution in [0.4, 0.5) is 5.82 Å². The van der Waals surface area contributed by atoms with Gasteiger partial charge in [-0.3, -0.25) is 4.79 Å². The monoisotopic (exact) mass is 375 g/mol. The van der Waals surface area contributed by atoms with Gasteiger partial charge in [-0.05, 0) is 48.7 Å². The van der Waals surface area contributed by atoms with Gasteiger partial charge < -0.3 is 15.4 Å². The number of nitrogens with zero attached hydrogens (tertiary/aromatic N) is 1. The van der Waals surface area contributed by atoms with Crippen molar-refractivity contribution in [3.63, 3.8) is 0 Å². The highest BCUT2D eigenvalue weighted by Gasteiger charge is 2.09. The molecule has 0 fully saturated rings. The highest BCUT2D eigenvalue weighted by Crippen LogP contribution is 2.18. The van der Waals surface area contributed by atoms with Gasteiger partial charge in [0, 0.05) is 24.3 Å². The number of nitrogens with one attached hydrogen (secondary N) is 2. The minimum absolute atomic E-state index is 0.0973. The number of amides is 1. The molecule has 0 aliphatic heterocycles. The van der Waals surface area contributed by atoms with E-state index >= 15 is 0 Å². The molecule has 28 heavy (non-hydrogen) atoms. The Morgan fingerprint density at radius 2 is 1.89 bits per heavy atom. The average Bonchev–Trinajstić information content (AvgIpc) is 2.74. The fourth-order valence-electron chi connectivity index (χ4n) is 2.95. The van der Waals surface area contributed by atoms with E-state index in [2.05, 4.69) is 34.7 Å². The van der Waals surface area contributed by atoms with Crippen LogP contribution in [0, 0.1) is 0 Å². The second kappa shape index (κ2) is 9.55. The van der Waals surface area contributed by atoms with E-state index in [1.165, 1.54) is 0 Å². The Kier molecular flexibility index (Phi) is 6.63. The lowest BCUT2D eigenvalue weighted by Gasteiger charge is -2.15. The Labute approximate surface area is 165 Å². The van der Waals surface area contributed by atoms with Crippen molar-refractivity contribution < 1.29 is 9.53 Å². The molecule has 0 radical (unpaired) electrons. The van der Waals surface area contributed by atoms with Crippen molar-refractivity contribution >= 4 is 11.7 Å². The van der Waals surface area contributed by atoms with Crippen molar-refractivity contribution in [2.24, 2.45) is 0 Å². The van der Waals surface area contributed by atoms with Crippen LogP contribution in [0.2, 0.25) is 0 Å². The fourth-order valence-corrected chi connectivity index (χ4v) is 2.95. The number of hydrogen-bond acceptors (Lipinski definition) is 4. The molecule has 2 N–H and O–H groups in total. The number of benzene rings is 2. The minimum Gasteiger partial charge on any atom is -0.497 e. The first kappa shape index (κ1) is 19.4. The van der Waals surface area contributed by atoms with Gasteiger partial charge in [0.15, 0.2) is 0 Å². The Balaban J connectivity index is 1.56. The first-order valence-corrected chi connectivity index (χ1v) is 9.34. The van der Waals surface area contributed by atoms with Crippen LogP contribution < -0.4 is 15.4 Å². The van der Waals surface area contributed by atoms with Gasteiger partial charge >= 0.3 is 0 Å². The quantitative estimate of drug-likeness (QED) is 0.618. The first-order valence-electron chi connectivity index (χ1n) is 9.34. The molecule has 1 aromatic heterocycles. The molecular weight excluding hydrogens is 350 g/mol. The van der Waals surface area contributed by atoms with Crippen LogP contribution in [0.5, 0.6) is 5.75 Å². The Hall–Kier alpha value is -3.34. The maximum Gasteiger partial charge on any atom is 0.251 e. The van der Waals surface area contributed by atoms with E-state index in [9.17, 15) is 4.79 Å². The van der Waals surface area contributed by atoms with E-state index in [1.54, 1.807) is 25.4 Å². The first-order chi connectivity index (χ1) is 13.7. The summed E-state index contributed by atoms with van der Waals surface area (Å²) >= 11 is 0.